The van der Waals surface area contributed by atoms with Crippen molar-refractivity contribution in [3.05, 3.63) is 42.4 Å². The average Bonchev–Trinajstić information content (AvgIpc) is 3.37. The van der Waals surface area contributed by atoms with Crippen LogP contribution in [0.4, 0.5) is 16.6 Å². The van der Waals surface area contributed by atoms with E-state index in [1.165, 1.54) is 0 Å². The highest BCUT2D eigenvalue weighted by atomic mass is 16.5. The first-order valence-corrected chi connectivity index (χ1v) is 12.9. The number of methoxy groups -OCH3 is 2. The molecule has 0 radical (unpaired) electrons. The highest BCUT2D eigenvalue weighted by Crippen LogP contribution is 2.35. The standard InChI is InChI=1S/C27H33N9O5/c1-27(2,3)33-26(39)32-24-21(16-10-19(40-4)13-20(11-16)41-5)12-17-14-29-25(31-23(17)30-24)28-8-9-36-15-18(34-35-36)6-7-22(37)38/h10-15H,6-9H2,1-5H3,(H,37,38)(H3,28,29,30,31,32,33,39). The van der Waals surface area contributed by atoms with E-state index >= 15 is 0 Å². The SMILES string of the molecule is COc1cc(OC)cc(-c2cc3cnc(NCCn4cc(CCC(=O)O)nn4)nc3nc2NC(=O)NC(C)(C)C)c1. The number of urea groups is 1. The van der Waals surface area contributed by atoms with Gasteiger partial charge in [-0.15, -0.1) is 5.10 Å². The van der Waals surface area contributed by atoms with Crippen LogP contribution in [0.5, 0.6) is 11.5 Å². The third-order valence-electron chi connectivity index (χ3n) is 5.76. The van der Waals surface area contributed by atoms with Gasteiger partial charge in [0, 0.05) is 47.9 Å². The van der Waals surface area contributed by atoms with Gasteiger partial charge in [-0.25, -0.2) is 14.8 Å². The molecular weight excluding hydrogens is 530 g/mol. The summed E-state index contributed by atoms with van der Waals surface area (Å²) in [6, 6.07) is 6.84. The van der Waals surface area contributed by atoms with Crippen molar-refractivity contribution < 1.29 is 24.2 Å². The molecule has 0 saturated carbocycles. The minimum absolute atomic E-state index is 0.00332. The molecule has 0 spiro atoms. The third kappa shape index (κ3) is 8.00. The van der Waals surface area contributed by atoms with Gasteiger partial charge in [-0.3, -0.25) is 14.8 Å². The second kappa shape index (κ2) is 12.4. The topological polar surface area (TPSA) is 178 Å². The first kappa shape index (κ1) is 29.0. The highest BCUT2D eigenvalue weighted by Gasteiger charge is 2.18. The lowest BCUT2D eigenvalue weighted by Gasteiger charge is -2.21. The van der Waals surface area contributed by atoms with Gasteiger partial charge in [0.15, 0.2) is 5.65 Å². The number of carboxylic acids is 1. The lowest BCUT2D eigenvalue weighted by Crippen LogP contribution is -2.43. The number of aromatic nitrogens is 6. The van der Waals surface area contributed by atoms with Crippen LogP contribution in [0.2, 0.25) is 0 Å². The minimum atomic E-state index is -0.883. The Labute approximate surface area is 236 Å². The zero-order chi connectivity index (χ0) is 29.6. The summed E-state index contributed by atoms with van der Waals surface area (Å²) in [5.74, 6) is 0.933. The predicted octanol–water partition coefficient (Wildman–Crippen LogP) is 3.35. The molecule has 3 heterocycles. The molecule has 3 aromatic heterocycles. The summed E-state index contributed by atoms with van der Waals surface area (Å²) in [4.78, 5) is 37.2. The largest absolute Gasteiger partial charge is 0.497 e. The van der Waals surface area contributed by atoms with Crippen molar-refractivity contribution in [3.63, 3.8) is 0 Å². The number of pyridine rings is 1. The number of ether oxygens (including phenoxy) is 2. The Morgan fingerprint density at radius 2 is 1.78 bits per heavy atom. The van der Waals surface area contributed by atoms with Crippen LogP contribution in [0.3, 0.4) is 0 Å². The number of aryl methyl sites for hydroxylation is 1. The van der Waals surface area contributed by atoms with Crippen LogP contribution in [0, 0.1) is 0 Å². The number of aliphatic carboxylic acids is 1. The summed E-state index contributed by atoms with van der Waals surface area (Å²) >= 11 is 0. The Morgan fingerprint density at radius 3 is 2.44 bits per heavy atom. The maximum absolute atomic E-state index is 12.8. The summed E-state index contributed by atoms with van der Waals surface area (Å²) in [5, 5.41) is 26.4. The maximum Gasteiger partial charge on any atom is 0.320 e. The number of nitrogens with zero attached hydrogens (tertiary/aromatic N) is 6. The van der Waals surface area contributed by atoms with Gasteiger partial charge in [0.2, 0.25) is 5.95 Å². The van der Waals surface area contributed by atoms with Gasteiger partial charge in [-0.1, -0.05) is 5.21 Å². The number of amides is 2. The van der Waals surface area contributed by atoms with Gasteiger partial charge in [0.05, 0.1) is 32.9 Å². The monoisotopic (exact) mass is 563 g/mol. The van der Waals surface area contributed by atoms with Crippen LogP contribution in [-0.2, 0) is 17.8 Å². The van der Waals surface area contributed by atoms with Crippen molar-refractivity contribution in [1.29, 1.82) is 0 Å². The first-order chi connectivity index (χ1) is 19.5. The van der Waals surface area contributed by atoms with Gasteiger partial charge >= 0.3 is 12.0 Å². The number of carbonyl (C=O) groups excluding carboxylic acids is 1. The first-order valence-electron chi connectivity index (χ1n) is 12.9. The molecule has 4 aromatic rings. The van der Waals surface area contributed by atoms with Crippen LogP contribution in [0.25, 0.3) is 22.2 Å². The van der Waals surface area contributed by atoms with Crippen LogP contribution in [0.1, 0.15) is 32.9 Å². The molecule has 0 aliphatic rings. The second-order valence-corrected chi connectivity index (χ2v) is 10.2. The van der Waals surface area contributed by atoms with Crippen molar-refractivity contribution in [2.24, 2.45) is 0 Å². The summed E-state index contributed by atoms with van der Waals surface area (Å²) in [7, 11) is 3.13. The Kier molecular flexibility index (Phi) is 8.80. The van der Waals surface area contributed by atoms with Gasteiger partial charge in [0.1, 0.15) is 17.3 Å². The van der Waals surface area contributed by atoms with Gasteiger partial charge in [0.25, 0.3) is 0 Å². The summed E-state index contributed by atoms with van der Waals surface area (Å²) < 4.78 is 12.5. The molecule has 14 nitrogen and oxygen atoms in total. The van der Waals surface area contributed by atoms with Crippen LogP contribution in [-0.4, -0.2) is 73.4 Å². The summed E-state index contributed by atoms with van der Waals surface area (Å²) in [6.07, 6.45) is 3.67. The fourth-order valence-electron chi connectivity index (χ4n) is 3.89. The maximum atomic E-state index is 12.8. The molecule has 216 valence electrons. The molecule has 0 unspecified atom stereocenters. The number of hydrogen-bond acceptors (Lipinski definition) is 10. The molecule has 1 aromatic carbocycles. The number of carboxylic acid groups (broad SMARTS) is 1. The molecule has 0 bridgehead atoms. The Balaban J connectivity index is 1.59. The van der Waals surface area contributed by atoms with E-state index in [1.54, 1.807) is 37.4 Å². The van der Waals surface area contributed by atoms with Crippen LogP contribution in [0.15, 0.2) is 36.7 Å². The van der Waals surface area contributed by atoms with E-state index in [9.17, 15) is 9.59 Å². The average molecular weight is 564 g/mol. The van der Waals surface area contributed by atoms with Gasteiger partial charge < -0.3 is 25.2 Å². The molecule has 0 aliphatic carbocycles. The van der Waals surface area contributed by atoms with E-state index in [2.05, 4.69) is 41.2 Å². The van der Waals surface area contributed by atoms with Crippen LogP contribution >= 0.6 is 0 Å². The molecular formula is C27H33N9O5. The fourth-order valence-corrected chi connectivity index (χ4v) is 3.89. The van der Waals surface area contributed by atoms with Gasteiger partial charge in [-0.2, -0.15) is 4.98 Å². The van der Waals surface area contributed by atoms with Crippen molar-refractivity contribution in [2.45, 2.75) is 45.7 Å². The zero-order valence-corrected chi connectivity index (χ0v) is 23.6. The van der Waals surface area contributed by atoms with Crippen molar-refractivity contribution >= 4 is 34.8 Å². The number of anilines is 2. The third-order valence-corrected chi connectivity index (χ3v) is 5.76. The number of carbonyl (C=O) groups is 2. The molecule has 4 N–H and O–H groups in total. The zero-order valence-electron chi connectivity index (χ0n) is 23.6. The number of fused-ring (bicyclic) bond motifs is 1. The van der Waals surface area contributed by atoms with E-state index < -0.39 is 17.5 Å². The molecule has 0 atom stereocenters. The van der Waals surface area contributed by atoms with E-state index in [1.807, 2.05) is 39.0 Å². The molecule has 4 rings (SSSR count). The molecule has 14 heteroatoms. The van der Waals surface area contributed by atoms with Crippen molar-refractivity contribution in [3.8, 4) is 22.6 Å². The van der Waals surface area contributed by atoms with E-state index in [0.717, 1.165) is 5.56 Å². The van der Waals surface area contributed by atoms with E-state index in [4.69, 9.17) is 14.6 Å². The van der Waals surface area contributed by atoms with E-state index in [-0.39, 0.29) is 6.42 Å². The predicted molar refractivity (Wildman–Crippen MR) is 152 cm³/mol. The van der Waals surface area contributed by atoms with E-state index in [0.29, 0.717) is 65.1 Å². The van der Waals surface area contributed by atoms with Crippen molar-refractivity contribution in [1.82, 2.24) is 35.3 Å². The molecule has 0 aliphatic heterocycles. The number of benzene rings is 1. The molecule has 0 saturated heterocycles. The minimum Gasteiger partial charge on any atom is -0.497 e. The molecule has 0 fully saturated rings. The number of hydrogen-bond donors (Lipinski definition) is 4. The number of nitrogens with one attached hydrogen (secondary N) is 3. The normalized spacial score (nSPS) is 11.2. The Morgan fingerprint density at radius 1 is 1.05 bits per heavy atom. The lowest BCUT2D eigenvalue weighted by molar-refractivity contribution is -0.136. The Bertz CT molecular complexity index is 1530. The summed E-state index contributed by atoms with van der Waals surface area (Å²) in [5.41, 5.74) is 1.88. The number of rotatable bonds is 11. The summed E-state index contributed by atoms with van der Waals surface area (Å²) in [6.45, 7) is 6.56. The van der Waals surface area contributed by atoms with Crippen LogP contribution < -0.4 is 25.4 Å². The Hall–Kier alpha value is -5.01. The second-order valence-electron chi connectivity index (χ2n) is 10.2. The highest BCUT2D eigenvalue weighted by molar-refractivity contribution is 5.96. The quantitative estimate of drug-likeness (QED) is 0.210. The fraction of sp³-hybridized carbons (Fsp3) is 0.370. The van der Waals surface area contributed by atoms with Gasteiger partial charge in [-0.05, 0) is 44.5 Å². The molecule has 2 amide bonds. The van der Waals surface area contributed by atoms with Crippen molar-refractivity contribution in [2.75, 3.05) is 31.4 Å². The molecule has 41 heavy (non-hydrogen) atoms. The lowest BCUT2D eigenvalue weighted by atomic mass is 10.0. The smallest absolute Gasteiger partial charge is 0.320 e.